The van der Waals surface area contributed by atoms with E-state index >= 15 is 0 Å². The average Bonchev–Trinajstić information content (AvgIpc) is 3.10. The molecular formula is C19H25ClN4O3. The van der Waals surface area contributed by atoms with Crippen molar-refractivity contribution in [2.45, 2.75) is 52.1 Å². The Labute approximate surface area is 164 Å². The number of unbranched alkanes of at least 4 members (excludes halogenated alkanes) is 1. The number of hydrogen-bond donors (Lipinski definition) is 1. The fourth-order valence-electron chi connectivity index (χ4n) is 2.64. The first kappa shape index (κ1) is 20.9. The molecule has 2 rings (SSSR count). The fraction of sp³-hybridized carbons (Fsp3) is 0.474. The van der Waals surface area contributed by atoms with Gasteiger partial charge in [-0.25, -0.2) is 4.68 Å². The van der Waals surface area contributed by atoms with Gasteiger partial charge >= 0.3 is 5.97 Å². The average molecular weight is 393 g/mol. The maximum absolute atomic E-state index is 12.5. The number of esters is 1. The van der Waals surface area contributed by atoms with Crippen LogP contribution in [-0.4, -0.2) is 39.5 Å². The predicted molar refractivity (Wildman–Crippen MR) is 103 cm³/mol. The monoisotopic (exact) mass is 392 g/mol. The topological polar surface area (TPSA) is 86.1 Å². The Bertz CT molecular complexity index is 763. The van der Waals surface area contributed by atoms with Crippen LogP contribution in [0.2, 0.25) is 5.02 Å². The van der Waals surface area contributed by atoms with Crippen LogP contribution in [-0.2, 0) is 16.1 Å². The molecule has 2 aromatic rings. The number of carbonyl (C=O) groups is 2. The Morgan fingerprint density at radius 3 is 2.78 bits per heavy atom. The van der Waals surface area contributed by atoms with Gasteiger partial charge in [0.2, 0.25) is 0 Å². The van der Waals surface area contributed by atoms with E-state index in [4.69, 9.17) is 16.3 Å². The SMILES string of the molecule is CCCCC(CC(=O)OCC)NC(=O)c1cn(Cc2ccccc2Cl)nn1. The van der Waals surface area contributed by atoms with E-state index in [2.05, 4.69) is 22.6 Å². The predicted octanol–water partition coefficient (Wildman–Crippen LogP) is 3.22. The van der Waals surface area contributed by atoms with Crippen molar-refractivity contribution in [2.24, 2.45) is 0 Å². The third-order valence-electron chi connectivity index (χ3n) is 4.02. The zero-order valence-corrected chi connectivity index (χ0v) is 16.4. The Kier molecular flexibility index (Phi) is 8.26. The third kappa shape index (κ3) is 6.67. The van der Waals surface area contributed by atoms with E-state index in [9.17, 15) is 9.59 Å². The van der Waals surface area contributed by atoms with Crippen LogP contribution in [0.5, 0.6) is 0 Å². The summed E-state index contributed by atoms with van der Waals surface area (Å²) in [6, 6.07) is 7.15. The highest BCUT2D eigenvalue weighted by Crippen LogP contribution is 2.16. The van der Waals surface area contributed by atoms with Gasteiger partial charge in [0.15, 0.2) is 5.69 Å². The van der Waals surface area contributed by atoms with E-state index in [0.717, 1.165) is 18.4 Å². The molecular weight excluding hydrogens is 368 g/mol. The Hall–Kier alpha value is -2.41. The fourth-order valence-corrected chi connectivity index (χ4v) is 2.83. The number of ether oxygens (including phenoxy) is 1. The summed E-state index contributed by atoms with van der Waals surface area (Å²) in [7, 11) is 0. The molecule has 1 unspecified atom stereocenters. The van der Waals surface area contributed by atoms with Crippen molar-refractivity contribution in [3.63, 3.8) is 0 Å². The molecule has 0 radical (unpaired) electrons. The zero-order valence-electron chi connectivity index (χ0n) is 15.7. The standard InChI is InChI=1S/C19H25ClN4O3/c1-3-5-9-15(11-18(25)27-4-2)21-19(26)17-13-24(23-22-17)12-14-8-6-7-10-16(14)20/h6-8,10,13,15H,3-5,9,11-12H2,1-2H3,(H,21,26). The van der Waals surface area contributed by atoms with E-state index in [1.807, 2.05) is 18.2 Å². The Morgan fingerprint density at radius 1 is 1.30 bits per heavy atom. The molecule has 1 atom stereocenters. The largest absolute Gasteiger partial charge is 0.466 e. The van der Waals surface area contributed by atoms with Crippen LogP contribution in [0, 0.1) is 0 Å². The second-order valence-corrected chi connectivity index (χ2v) is 6.62. The van der Waals surface area contributed by atoms with Crippen molar-refractivity contribution < 1.29 is 14.3 Å². The van der Waals surface area contributed by atoms with Crippen LogP contribution >= 0.6 is 11.6 Å². The number of carbonyl (C=O) groups excluding carboxylic acids is 2. The minimum absolute atomic E-state index is 0.146. The molecule has 146 valence electrons. The maximum Gasteiger partial charge on any atom is 0.307 e. The molecule has 0 bridgehead atoms. The molecule has 0 spiro atoms. The lowest BCUT2D eigenvalue weighted by atomic mass is 10.1. The second-order valence-electron chi connectivity index (χ2n) is 6.21. The second kappa shape index (κ2) is 10.7. The van der Waals surface area contributed by atoms with Crippen LogP contribution in [0.4, 0.5) is 0 Å². The van der Waals surface area contributed by atoms with Crippen molar-refractivity contribution in [3.05, 3.63) is 46.7 Å². The summed E-state index contributed by atoms with van der Waals surface area (Å²) in [6.45, 7) is 4.56. The van der Waals surface area contributed by atoms with Crippen LogP contribution in [0.25, 0.3) is 0 Å². The molecule has 1 aromatic heterocycles. The van der Waals surface area contributed by atoms with Crippen LogP contribution in [0.3, 0.4) is 0 Å². The summed E-state index contributed by atoms with van der Waals surface area (Å²) < 4.78 is 6.54. The highest BCUT2D eigenvalue weighted by atomic mass is 35.5. The van der Waals surface area contributed by atoms with Gasteiger partial charge in [-0.3, -0.25) is 9.59 Å². The summed E-state index contributed by atoms with van der Waals surface area (Å²) in [5.74, 6) is -0.674. The van der Waals surface area contributed by atoms with Gasteiger partial charge in [0, 0.05) is 11.1 Å². The lowest BCUT2D eigenvalue weighted by Crippen LogP contribution is -2.37. The summed E-state index contributed by atoms with van der Waals surface area (Å²) in [5, 5.41) is 11.4. The number of aromatic nitrogens is 3. The van der Waals surface area contributed by atoms with Gasteiger partial charge in [-0.15, -0.1) is 5.10 Å². The van der Waals surface area contributed by atoms with Gasteiger partial charge < -0.3 is 10.1 Å². The van der Waals surface area contributed by atoms with E-state index in [1.165, 1.54) is 0 Å². The summed E-state index contributed by atoms with van der Waals surface area (Å²) in [4.78, 5) is 24.2. The molecule has 0 aliphatic rings. The van der Waals surface area contributed by atoms with Crippen molar-refractivity contribution in [1.29, 1.82) is 0 Å². The smallest absolute Gasteiger partial charge is 0.307 e. The number of nitrogens with zero attached hydrogens (tertiary/aromatic N) is 3. The molecule has 1 aromatic carbocycles. The first-order valence-electron chi connectivity index (χ1n) is 9.13. The molecule has 27 heavy (non-hydrogen) atoms. The van der Waals surface area contributed by atoms with Gasteiger partial charge in [-0.2, -0.15) is 0 Å². The minimum atomic E-state index is -0.356. The van der Waals surface area contributed by atoms with E-state index in [1.54, 1.807) is 23.9 Å². The number of rotatable bonds is 10. The number of halogens is 1. The van der Waals surface area contributed by atoms with Gasteiger partial charge in [0.25, 0.3) is 5.91 Å². The molecule has 1 N–H and O–H groups in total. The number of nitrogens with one attached hydrogen (secondary N) is 1. The number of amides is 1. The van der Waals surface area contributed by atoms with Crippen LogP contribution in [0.15, 0.2) is 30.5 Å². The summed E-state index contributed by atoms with van der Waals surface area (Å²) in [5.41, 5.74) is 1.09. The van der Waals surface area contributed by atoms with Crippen LogP contribution in [0.1, 0.15) is 55.6 Å². The molecule has 7 nitrogen and oxygen atoms in total. The van der Waals surface area contributed by atoms with Gasteiger partial charge in [0.1, 0.15) is 0 Å². The van der Waals surface area contributed by atoms with Crippen molar-refractivity contribution >= 4 is 23.5 Å². The molecule has 8 heteroatoms. The molecule has 0 saturated heterocycles. The van der Waals surface area contributed by atoms with Gasteiger partial charge in [0.05, 0.1) is 25.8 Å². The van der Waals surface area contributed by atoms with E-state index in [-0.39, 0.29) is 30.0 Å². The first-order valence-corrected chi connectivity index (χ1v) is 9.51. The molecule has 1 heterocycles. The highest BCUT2D eigenvalue weighted by molar-refractivity contribution is 6.31. The number of benzene rings is 1. The quantitative estimate of drug-likeness (QED) is 0.627. The third-order valence-corrected chi connectivity index (χ3v) is 4.39. The van der Waals surface area contributed by atoms with E-state index < -0.39 is 0 Å². The lowest BCUT2D eigenvalue weighted by Gasteiger charge is -2.16. The molecule has 0 saturated carbocycles. The molecule has 1 amide bonds. The van der Waals surface area contributed by atoms with Gasteiger partial charge in [-0.1, -0.05) is 54.8 Å². The Balaban J connectivity index is 1.99. The summed E-state index contributed by atoms with van der Waals surface area (Å²) >= 11 is 6.15. The van der Waals surface area contributed by atoms with E-state index in [0.29, 0.717) is 24.6 Å². The van der Waals surface area contributed by atoms with Crippen molar-refractivity contribution in [1.82, 2.24) is 20.3 Å². The van der Waals surface area contributed by atoms with Crippen LogP contribution < -0.4 is 5.32 Å². The first-order chi connectivity index (χ1) is 13.0. The zero-order chi connectivity index (χ0) is 19.6. The van der Waals surface area contributed by atoms with Crippen molar-refractivity contribution in [2.75, 3.05) is 6.61 Å². The highest BCUT2D eigenvalue weighted by Gasteiger charge is 2.19. The normalized spacial score (nSPS) is 11.8. The van der Waals surface area contributed by atoms with Crippen molar-refractivity contribution in [3.8, 4) is 0 Å². The van der Waals surface area contributed by atoms with Gasteiger partial charge in [-0.05, 0) is 25.0 Å². The molecule has 0 aliphatic heterocycles. The maximum atomic E-state index is 12.5. The Morgan fingerprint density at radius 2 is 2.07 bits per heavy atom. The molecule has 0 aliphatic carbocycles. The minimum Gasteiger partial charge on any atom is -0.466 e. The summed E-state index contributed by atoms with van der Waals surface area (Å²) in [6.07, 6.45) is 4.30. The lowest BCUT2D eigenvalue weighted by molar-refractivity contribution is -0.143. The molecule has 0 fully saturated rings. The number of hydrogen-bond acceptors (Lipinski definition) is 5.